The van der Waals surface area contributed by atoms with Crippen LogP contribution in [-0.2, 0) is 9.53 Å². The standard InChI is InChI=1S/C7H13NO2/c1-3-8-6-4-5-7(9)10-2/h4-5,8H,3,6H2,1-2H3/b5-4+. The van der Waals surface area contributed by atoms with E-state index in [0.717, 1.165) is 6.54 Å². The second-order valence-electron chi connectivity index (χ2n) is 1.73. The van der Waals surface area contributed by atoms with Gasteiger partial charge in [0.05, 0.1) is 7.11 Å². The van der Waals surface area contributed by atoms with Gasteiger partial charge < -0.3 is 10.1 Å². The van der Waals surface area contributed by atoms with E-state index in [1.165, 1.54) is 13.2 Å². The Labute approximate surface area is 61.1 Å². The summed E-state index contributed by atoms with van der Waals surface area (Å²) in [5.74, 6) is -0.307. The van der Waals surface area contributed by atoms with Crippen LogP contribution in [0.15, 0.2) is 12.2 Å². The van der Waals surface area contributed by atoms with Gasteiger partial charge in [0, 0.05) is 12.6 Å². The smallest absolute Gasteiger partial charge is 0.330 e. The first kappa shape index (κ1) is 9.17. The van der Waals surface area contributed by atoms with Crippen molar-refractivity contribution in [3.63, 3.8) is 0 Å². The number of likely N-dealkylation sites (N-methyl/N-ethyl adjacent to an activating group) is 1. The van der Waals surface area contributed by atoms with Crippen LogP contribution in [0, 0.1) is 0 Å². The van der Waals surface area contributed by atoms with E-state index < -0.39 is 0 Å². The van der Waals surface area contributed by atoms with Gasteiger partial charge >= 0.3 is 5.97 Å². The van der Waals surface area contributed by atoms with Gasteiger partial charge in [-0.1, -0.05) is 13.0 Å². The van der Waals surface area contributed by atoms with Gasteiger partial charge in [0.1, 0.15) is 0 Å². The van der Waals surface area contributed by atoms with Crippen molar-refractivity contribution in [3.8, 4) is 0 Å². The molecule has 0 aromatic rings. The number of carbonyl (C=O) groups is 1. The summed E-state index contributed by atoms with van der Waals surface area (Å²) in [5, 5.41) is 3.03. The molecule has 0 amide bonds. The first-order valence-electron chi connectivity index (χ1n) is 3.26. The molecule has 1 N–H and O–H groups in total. The maximum absolute atomic E-state index is 10.4. The number of methoxy groups -OCH3 is 1. The summed E-state index contributed by atoms with van der Waals surface area (Å²) in [6.45, 7) is 3.63. The second kappa shape index (κ2) is 6.29. The third-order valence-corrected chi connectivity index (χ3v) is 0.967. The lowest BCUT2D eigenvalue weighted by Crippen LogP contribution is -2.12. The molecule has 10 heavy (non-hydrogen) atoms. The van der Waals surface area contributed by atoms with Gasteiger partial charge in [-0.15, -0.1) is 0 Å². The summed E-state index contributed by atoms with van der Waals surface area (Å²) in [5.41, 5.74) is 0. The summed E-state index contributed by atoms with van der Waals surface area (Å²) in [4.78, 5) is 10.4. The van der Waals surface area contributed by atoms with Gasteiger partial charge in [-0.2, -0.15) is 0 Å². The maximum atomic E-state index is 10.4. The van der Waals surface area contributed by atoms with Gasteiger partial charge in [0.2, 0.25) is 0 Å². The Morgan fingerprint density at radius 1 is 1.70 bits per heavy atom. The fraction of sp³-hybridized carbons (Fsp3) is 0.571. The number of esters is 1. The molecule has 0 radical (unpaired) electrons. The van der Waals surface area contributed by atoms with Crippen LogP contribution < -0.4 is 5.32 Å². The minimum Gasteiger partial charge on any atom is -0.466 e. The topological polar surface area (TPSA) is 38.3 Å². The van der Waals surface area contributed by atoms with Crippen molar-refractivity contribution in [2.45, 2.75) is 6.92 Å². The zero-order chi connectivity index (χ0) is 7.82. The predicted octanol–water partition coefficient (Wildman–Crippen LogP) is 0.325. The van der Waals surface area contributed by atoms with Crippen LogP contribution in [-0.4, -0.2) is 26.2 Å². The van der Waals surface area contributed by atoms with Crippen LogP contribution >= 0.6 is 0 Å². The van der Waals surface area contributed by atoms with Crippen molar-refractivity contribution < 1.29 is 9.53 Å². The van der Waals surface area contributed by atoms with E-state index in [4.69, 9.17) is 0 Å². The lowest BCUT2D eigenvalue weighted by molar-refractivity contribution is -0.134. The van der Waals surface area contributed by atoms with Gasteiger partial charge in [-0.05, 0) is 6.54 Å². The molecule has 3 heteroatoms. The third-order valence-electron chi connectivity index (χ3n) is 0.967. The van der Waals surface area contributed by atoms with E-state index in [9.17, 15) is 4.79 Å². The van der Waals surface area contributed by atoms with Crippen molar-refractivity contribution in [2.75, 3.05) is 20.2 Å². The molecule has 0 spiro atoms. The lowest BCUT2D eigenvalue weighted by atomic mass is 10.5. The molecule has 0 unspecified atom stereocenters. The minimum absolute atomic E-state index is 0.307. The molecule has 0 rings (SSSR count). The van der Waals surface area contributed by atoms with Gasteiger partial charge in [-0.3, -0.25) is 0 Å². The average Bonchev–Trinajstić information content (AvgIpc) is 1.98. The Balaban J connectivity index is 3.27. The molecular weight excluding hydrogens is 130 g/mol. The molecule has 0 fully saturated rings. The van der Waals surface area contributed by atoms with Crippen molar-refractivity contribution in [2.24, 2.45) is 0 Å². The van der Waals surface area contributed by atoms with Crippen LogP contribution in [0.25, 0.3) is 0 Å². The number of carbonyl (C=O) groups excluding carboxylic acids is 1. The molecule has 0 aromatic carbocycles. The molecule has 0 saturated heterocycles. The van der Waals surface area contributed by atoms with Gasteiger partial charge in [-0.25, -0.2) is 4.79 Å². The van der Waals surface area contributed by atoms with Crippen LogP contribution in [0.1, 0.15) is 6.92 Å². The number of hydrogen-bond donors (Lipinski definition) is 1. The minimum atomic E-state index is -0.307. The second-order valence-corrected chi connectivity index (χ2v) is 1.73. The zero-order valence-corrected chi connectivity index (χ0v) is 6.39. The van der Waals surface area contributed by atoms with E-state index in [-0.39, 0.29) is 5.97 Å². The molecule has 0 heterocycles. The van der Waals surface area contributed by atoms with Crippen LogP contribution in [0.3, 0.4) is 0 Å². The molecule has 0 atom stereocenters. The Morgan fingerprint density at radius 2 is 2.40 bits per heavy atom. The normalized spacial score (nSPS) is 10.2. The molecule has 0 aliphatic heterocycles. The van der Waals surface area contributed by atoms with E-state index in [2.05, 4.69) is 10.1 Å². The Hall–Kier alpha value is -0.830. The van der Waals surface area contributed by atoms with Crippen molar-refractivity contribution in [1.29, 1.82) is 0 Å². The predicted molar refractivity (Wildman–Crippen MR) is 39.7 cm³/mol. The highest BCUT2D eigenvalue weighted by Crippen LogP contribution is 1.75. The number of nitrogens with one attached hydrogen (secondary N) is 1. The molecule has 3 nitrogen and oxygen atoms in total. The Kier molecular flexibility index (Phi) is 5.77. The number of ether oxygens (including phenoxy) is 1. The van der Waals surface area contributed by atoms with E-state index in [0.29, 0.717) is 6.54 Å². The quantitative estimate of drug-likeness (QED) is 0.350. The summed E-state index contributed by atoms with van der Waals surface area (Å²) in [6, 6.07) is 0. The summed E-state index contributed by atoms with van der Waals surface area (Å²) in [7, 11) is 1.36. The summed E-state index contributed by atoms with van der Waals surface area (Å²) >= 11 is 0. The highest BCUT2D eigenvalue weighted by molar-refractivity contribution is 5.81. The first-order chi connectivity index (χ1) is 4.81. The van der Waals surface area contributed by atoms with Crippen molar-refractivity contribution >= 4 is 5.97 Å². The maximum Gasteiger partial charge on any atom is 0.330 e. The SMILES string of the molecule is CCNC/C=C/C(=O)OC. The average molecular weight is 143 g/mol. The summed E-state index contributed by atoms with van der Waals surface area (Å²) in [6.07, 6.45) is 3.14. The third kappa shape index (κ3) is 5.31. The van der Waals surface area contributed by atoms with Crippen molar-refractivity contribution in [1.82, 2.24) is 5.32 Å². The highest BCUT2D eigenvalue weighted by atomic mass is 16.5. The van der Waals surface area contributed by atoms with E-state index in [1.54, 1.807) is 6.08 Å². The number of hydrogen-bond acceptors (Lipinski definition) is 3. The van der Waals surface area contributed by atoms with Crippen LogP contribution in [0.5, 0.6) is 0 Å². The molecular formula is C7H13NO2. The first-order valence-corrected chi connectivity index (χ1v) is 3.26. The van der Waals surface area contributed by atoms with E-state index in [1.807, 2.05) is 6.92 Å². The largest absolute Gasteiger partial charge is 0.466 e. The van der Waals surface area contributed by atoms with Gasteiger partial charge in [0.15, 0.2) is 0 Å². The molecule has 0 aliphatic rings. The lowest BCUT2D eigenvalue weighted by Gasteiger charge is -1.92. The zero-order valence-electron chi connectivity index (χ0n) is 6.39. The summed E-state index contributed by atoms with van der Waals surface area (Å²) < 4.78 is 4.38. The molecule has 0 saturated carbocycles. The van der Waals surface area contributed by atoms with E-state index >= 15 is 0 Å². The Morgan fingerprint density at radius 3 is 2.90 bits per heavy atom. The molecule has 0 aromatic heterocycles. The Bertz CT molecular complexity index is 121. The highest BCUT2D eigenvalue weighted by Gasteiger charge is 1.87. The van der Waals surface area contributed by atoms with Crippen molar-refractivity contribution in [3.05, 3.63) is 12.2 Å². The molecule has 0 bridgehead atoms. The van der Waals surface area contributed by atoms with Crippen LogP contribution in [0.4, 0.5) is 0 Å². The van der Waals surface area contributed by atoms with Gasteiger partial charge in [0.25, 0.3) is 0 Å². The molecule has 0 aliphatic carbocycles. The molecule has 58 valence electrons. The fourth-order valence-electron chi connectivity index (χ4n) is 0.451. The van der Waals surface area contributed by atoms with Crippen LogP contribution in [0.2, 0.25) is 0 Å². The monoisotopic (exact) mass is 143 g/mol. The fourth-order valence-corrected chi connectivity index (χ4v) is 0.451. The number of rotatable bonds is 4.